The average Bonchev–Trinajstić information content (AvgIpc) is 3.59. The molecule has 1 aromatic rings. The summed E-state index contributed by atoms with van der Waals surface area (Å²) < 4.78 is 12.4. The van der Waals surface area contributed by atoms with Crippen LogP contribution in [0.4, 0.5) is 0 Å². The quantitative estimate of drug-likeness (QED) is 0.408. The molecule has 0 amide bonds. The van der Waals surface area contributed by atoms with Crippen LogP contribution in [-0.2, 0) is 21.0 Å². The molecule has 1 atom stereocenters. The molecule has 8 bridgehead atoms. The molecular formula is C33H46O2. The van der Waals surface area contributed by atoms with E-state index in [4.69, 9.17) is 9.47 Å². The van der Waals surface area contributed by atoms with Crippen molar-refractivity contribution in [3.8, 4) is 5.75 Å². The predicted octanol–water partition coefficient (Wildman–Crippen LogP) is 7.70. The molecule has 0 radical (unpaired) electrons. The Morgan fingerprint density at radius 3 is 1.54 bits per heavy atom. The number of hydrogen-bond acceptors (Lipinski definition) is 2. The van der Waals surface area contributed by atoms with Gasteiger partial charge < -0.3 is 9.47 Å². The Morgan fingerprint density at radius 1 is 0.714 bits per heavy atom. The summed E-state index contributed by atoms with van der Waals surface area (Å²) in [5, 5.41) is 0. The van der Waals surface area contributed by atoms with E-state index in [9.17, 15) is 0 Å². The van der Waals surface area contributed by atoms with E-state index < -0.39 is 0 Å². The predicted molar refractivity (Wildman–Crippen MR) is 140 cm³/mol. The molecule has 1 heterocycles. The third-order valence-corrected chi connectivity index (χ3v) is 11.9. The average molecular weight is 475 g/mol. The van der Waals surface area contributed by atoms with Gasteiger partial charge in [-0.15, -0.1) is 0 Å². The molecule has 0 aromatic heterocycles. The zero-order valence-corrected chi connectivity index (χ0v) is 22.4. The summed E-state index contributed by atoms with van der Waals surface area (Å²) in [5.41, 5.74) is 6.19. The number of benzene rings is 1. The fourth-order valence-electron chi connectivity index (χ4n) is 11.6. The second kappa shape index (κ2) is 7.30. The molecule has 0 N–H and O–H groups in total. The fourth-order valence-corrected chi connectivity index (χ4v) is 11.6. The SMILES string of the molecule is CC(C)(C)c1ccc(OCC2CO2)c(C23CC4CC(CC(C4)C2)C3)c1C12CC3CC(CC(C3)C1)C2. The van der Waals surface area contributed by atoms with Gasteiger partial charge >= 0.3 is 0 Å². The van der Waals surface area contributed by atoms with Crippen molar-refractivity contribution in [2.75, 3.05) is 13.2 Å². The molecule has 1 unspecified atom stereocenters. The lowest BCUT2D eigenvalue weighted by molar-refractivity contribution is -0.0190. The van der Waals surface area contributed by atoms with Crippen LogP contribution in [0.3, 0.4) is 0 Å². The number of ether oxygens (including phenoxy) is 2. The first-order valence-corrected chi connectivity index (χ1v) is 15.2. The standard InChI is InChI=1S/C33H46O2/c1-31(2,3)27-4-5-28(35-19-26-18-34-26)30(33-15-23-9-24(16-33)11-25(10-23)17-33)29(27)32-12-20-6-21(13-32)8-22(7-20)14-32/h4-5,20-26H,6-19H2,1-3H3. The van der Waals surface area contributed by atoms with Gasteiger partial charge in [-0.2, -0.15) is 0 Å². The summed E-state index contributed by atoms with van der Waals surface area (Å²) in [6, 6.07) is 4.93. The van der Waals surface area contributed by atoms with Gasteiger partial charge in [-0.25, -0.2) is 0 Å². The zero-order chi connectivity index (χ0) is 23.6. The third kappa shape index (κ3) is 3.44. The van der Waals surface area contributed by atoms with E-state index >= 15 is 0 Å². The molecule has 1 aromatic carbocycles. The lowest BCUT2D eigenvalue weighted by Crippen LogP contribution is -2.53. The van der Waals surface area contributed by atoms with Gasteiger partial charge in [-0.05, 0) is 141 Å². The smallest absolute Gasteiger partial charge is 0.123 e. The van der Waals surface area contributed by atoms with Crippen molar-refractivity contribution in [3.05, 3.63) is 28.8 Å². The van der Waals surface area contributed by atoms with E-state index in [0.29, 0.717) is 16.9 Å². The van der Waals surface area contributed by atoms with Crippen LogP contribution in [-0.4, -0.2) is 19.3 Å². The molecule has 35 heavy (non-hydrogen) atoms. The Morgan fingerprint density at radius 2 is 1.14 bits per heavy atom. The Balaban J connectivity index is 1.35. The maximum atomic E-state index is 6.80. The molecule has 1 saturated heterocycles. The van der Waals surface area contributed by atoms with Crippen LogP contribution in [0.25, 0.3) is 0 Å². The number of rotatable bonds is 5. The van der Waals surface area contributed by atoms with E-state index in [0.717, 1.165) is 48.7 Å². The van der Waals surface area contributed by atoms with Crippen molar-refractivity contribution in [2.24, 2.45) is 35.5 Å². The van der Waals surface area contributed by atoms with Gasteiger partial charge in [-0.3, -0.25) is 0 Å². The van der Waals surface area contributed by atoms with Gasteiger partial charge in [0, 0.05) is 11.0 Å². The topological polar surface area (TPSA) is 21.8 Å². The Hall–Kier alpha value is -1.02. The van der Waals surface area contributed by atoms with Crippen molar-refractivity contribution < 1.29 is 9.47 Å². The molecule has 10 rings (SSSR count). The van der Waals surface area contributed by atoms with Crippen LogP contribution in [0.15, 0.2) is 12.1 Å². The maximum absolute atomic E-state index is 6.80. The van der Waals surface area contributed by atoms with Gasteiger partial charge in [0.05, 0.1) is 6.61 Å². The highest BCUT2D eigenvalue weighted by Crippen LogP contribution is 2.67. The van der Waals surface area contributed by atoms with E-state index in [2.05, 4.69) is 32.9 Å². The first-order chi connectivity index (χ1) is 16.8. The molecule has 9 fully saturated rings. The van der Waals surface area contributed by atoms with Crippen LogP contribution in [0.2, 0.25) is 0 Å². The third-order valence-electron chi connectivity index (χ3n) is 11.9. The van der Waals surface area contributed by atoms with E-state index in [-0.39, 0.29) is 5.41 Å². The molecule has 9 aliphatic rings. The van der Waals surface area contributed by atoms with Crippen molar-refractivity contribution in [1.82, 2.24) is 0 Å². The largest absolute Gasteiger partial charge is 0.490 e. The molecule has 8 aliphatic carbocycles. The maximum Gasteiger partial charge on any atom is 0.123 e. The van der Waals surface area contributed by atoms with Gasteiger partial charge in [-0.1, -0.05) is 26.8 Å². The summed E-state index contributed by atoms with van der Waals surface area (Å²) in [7, 11) is 0. The van der Waals surface area contributed by atoms with E-state index in [1.54, 1.807) is 11.1 Å². The monoisotopic (exact) mass is 474 g/mol. The second-order valence-corrected chi connectivity index (χ2v) is 15.8. The second-order valence-electron chi connectivity index (χ2n) is 15.8. The van der Waals surface area contributed by atoms with E-state index in [1.807, 2.05) is 5.56 Å². The normalized spacial score (nSPS) is 46.9. The van der Waals surface area contributed by atoms with Crippen LogP contribution < -0.4 is 4.74 Å². The molecule has 2 heteroatoms. The van der Waals surface area contributed by atoms with Crippen molar-refractivity contribution in [2.45, 2.75) is 120 Å². The van der Waals surface area contributed by atoms with Crippen LogP contribution in [0, 0.1) is 35.5 Å². The first kappa shape index (κ1) is 22.0. The Kier molecular flexibility index (Phi) is 4.59. The Labute approximate surface area is 212 Å². The minimum atomic E-state index is 0.174. The minimum Gasteiger partial charge on any atom is -0.490 e. The number of hydrogen-bond donors (Lipinski definition) is 0. The van der Waals surface area contributed by atoms with Crippen LogP contribution >= 0.6 is 0 Å². The van der Waals surface area contributed by atoms with Gasteiger partial charge in [0.2, 0.25) is 0 Å². The van der Waals surface area contributed by atoms with Gasteiger partial charge in [0.25, 0.3) is 0 Å². The minimum absolute atomic E-state index is 0.174. The lowest BCUT2D eigenvalue weighted by atomic mass is 9.43. The molecule has 8 saturated carbocycles. The highest BCUT2D eigenvalue weighted by atomic mass is 16.6. The summed E-state index contributed by atoms with van der Waals surface area (Å²) in [5.74, 6) is 7.07. The Bertz CT molecular complexity index is 954. The lowest BCUT2D eigenvalue weighted by Gasteiger charge is -2.61. The number of epoxide rings is 1. The summed E-state index contributed by atoms with van der Waals surface area (Å²) in [4.78, 5) is 0. The summed E-state index contributed by atoms with van der Waals surface area (Å²) in [6.07, 6.45) is 18.1. The van der Waals surface area contributed by atoms with E-state index in [1.165, 1.54) is 82.8 Å². The van der Waals surface area contributed by atoms with Gasteiger partial charge in [0.15, 0.2) is 0 Å². The highest BCUT2D eigenvalue weighted by molar-refractivity contribution is 5.57. The van der Waals surface area contributed by atoms with Crippen molar-refractivity contribution in [1.29, 1.82) is 0 Å². The first-order valence-electron chi connectivity index (χ1n) is 15.2. The molecule has 1 aliphatic heterocycles. The molecule has 2 nitrogen and oxygen atoms in total. The molecular weight excluding hydrogens is 428 g/mol. The molecule has 190 valence electrons. The highest BCUT2D eigenvalue weighted by Gasteiger charge is 2.58. The van der Waals surface area contributed by atoms with Crippen molar-refractivity contribution in [3.63, 3.8) is 0 Å². The van der Waals surface area contributed by atoms with Crippen molar-refractivity contribution >= 4 is 0 Å². The fraction of sp³-hybridized carbons (Fsp3) is 0.818. The molecule has 0 spiro atoms. The van der Waals surface area contributed by atoms with Crippen LogP contribution in [0.1, 0.15) is 115 Å². The zero-order valence-electron chi connectivity index (χ0n) is 22.4. The summed E-state index contributed by atoms with van der Waals surface area (Å²) in [6.45, 7) is 9.07. The van der Waals surface area contributed by atoms with Gasteiger partial charge in [0.1, 0.15) is 18.5 Å². The summed E-state index contributed by atoms with van der Waals surface area (Å²) >= 11 is 0. The van der Waals surface area contributed by atoms with Crippen LogP contribution in [0.5, 0.6) is 5.75 Å².